The number of ether oxygens (including phenoxy) is 1. The van der Waals surface area contributed by atoms with Gasteiger partial charge in [-0.05, 0) is 68.5 Å². The molecular formula is C16H25NO2. The molecule has 1 unspecified atom stereocenters. The first kappa shape index (κ1) is 14.4. The molecule has 1 aliphatic rings. The summed E-state index contributed by atoms with van der Waals surface area (Å²) in [6, 6.07) is 6.07. The maximum atomic E-state index is 10.9. The molecule has 19 heavy (non-hydrogen) atoms. The zero-order valence-electron chi connectivity index (χ0n) is 12.2. The SMILES string of the molecule is CCc1cc(C(C)(O)C2CCNCC2)ccc1OC. The lowest BCUT2D eigenvalue weighted by Gasteiger charge is -2.36. The lowest BCUT2D eigenvalue weighted by Crippen LogP contribution is -2.39. The Kier molecular flexibility index (Phi) is 4.48. The van der Waals surface area contributed by atoms with Crippen molar-refractivity contribution in [1.29, 1.82) is 0 Å². The quantitative estimate of drug-likeness (QED) is 0.877. The van der Waals surface area contributed by atoms with Crippen molar-refractivity contribution in [3.8, 4) is 5.75 Å². The molecule has 106 valence electrons. The molecule has 1 heterocycles. The fourth-order valence-corrected chi connectivity index (χ4v) is 2.99. The van der Waals surface area contributed by atoms with Gasteiger partial charge in [0.25, 0.3) is 0 Å². The fourth-order valence-electron chi connectivity index (χ4n) is 2.99. The van der Waals surface area contributed by atoms with Crippen LogP contribution in [0.5, 0.6) is 5.75 Å². The first-order valence-corrected chi connectivity index (χ1v) is 7.20. The molecule has 1 aromatic rings. The summed E-state index contributed by atoms with van der Waals surface area (Å²) in [7, 11) is 1.69. The Morgan fingerprint density at radius 1 is 1.37 bits per heavy atom. The maximum absolute atomic E-state index is 10.9. The van der Waals surface area contributed by atoms with E-state index in [1.54, 1.807) is 7.11 Å². The number of rotatable bonds is 4. The number of nitrogens with one attached hydrogen (secondary N) is 1. The van der Waals surface area contributed by atoms with Crippen molar-refractivity contribution in [1.82, 2.24) is 5.32 Å². The molecule has 3 heteroatoms. The third-order valence-electron chi connectivity index (χ3n) is 4.38. The van der Waals surface area contributed by atoms with Gasteiger partial charge in [-0.1, -0.05) is 13.0 Å². The van der Waals surface area contributed by atoms with Crippen LogP contribution in [0.1, 0.15) is 37.8 Å². The smallest absolute Gasteiger partial charge is 0.122 e. The first-order valence-electron chi connectivity index (χ1n) is 7.20. The molecule has 1 fully saturated rings. The van der Waals surface area contributed by atoms with E-state index in [9.17, 15) is 5.11 Å². The number of aryl methyl sites for hydroxylation is 1. The molecule has 0 saturated carbocycles. The van der Waals surface area contributed by atoms with Crippen LogP contribution < -0.4 is 10.1 Å². The van der Waals surface area contributed by atoms with Crippen molar-refractivity contribution < 1.29 is 9.84 Å². The lowest BCUT2D eigenvalue weighted by atomic mass is 9.77. The number of piperidine rings is 1. The van der Waals surface area contributed by atoms with E-state index in [1.165, 1.54) is 0 Å². The lowest BCUT2D eigenvalue weighted by molar-refractivity contribution is -0.0187. The number of benzene rings is 1. The summed E-state index contributed by atoms with van der Waals surface area (Å²) in [5, 5.41) is 14.3. The number of aliphatic hydroxyl groups is 1. The van der Waals surface area contributed by atoms with E-state index in [0.717, 1.165) is 49.2 Å². The minimum absolute atomic E-state index is 0.326. The Bertz CT molecular complexity index is 423. The Balaban J connectivity index is 2.28. The van der Waals surface area contributed by atoms with Crippen molar-refractivity contribution in [2.24, 2.45) is 5.92 Å². The van der Waals surface area contributed by atoms with Gasteiger partial charge in [0.05, 0.1) is 12.7 Å². The topological polar surface area (TPSA) is 41.5 Å². The van der Waals surface area contributed by atoms with E-state index < -0.39 is 5.60 Å². The zero-order valence-corrected chi connectivity index (χ0v) is 12.2. The fraction of sp³-hybridized carbons (Fsp3) is 0.625. The van der Waals surface area contributed by atoms with E-state index >= 15 is 0 Å². The Labute approximate surface area is 116 Å². The minimum Gasteiger partial charge on any atom is -0.496 e. The highest BCUT2D eigenvalue weighted by atomic mass is 16.5. The largest absolute Gasteiger partial charge is 0.496 e. The zero-order chi connectivity index (χ0) is 13.9. The summed E-state index contributed by atoms with van der Waals surface area (Å²) in [4.78, 5) is 0. The van der Waals surface area contributed by atoms with Gasteiger partial charge < -0.3 is 15.2 Å². The van der Waals surface area contributed by atoms with Gasteiger partial charge >= 0.3 is 0 Å². The summed E-state index contributed by atoms with van der Waals surface area (Å²) in [5.74, 6) is 1.24. The molecule has 0 amide bonds. The second-order valence-electron chi connectivity index (χ2n) is 5.55. The van der Waals surface area contributed by atoms with Crippen LogP contribution in [0.25, 0.3) is 0 Å². The molecule has 2 rings (SSSR count). The minimum atomic E-state index is -0.752. The van der Waals surface area contributed by atoms with Gasteiger partial charge in [-0.15, -0.1) is 0 Å². The summed E-state index contributed by atoms with van der Waals surface area (Å²) < 4.78 is 5.36. The van der Waals surface area contributed by atoms with Crippen LogP contribution in [-0.2, 0) is 12.0 Å². The van der Waals surface area contributed by atoms with E-state index in [0.29, 0.717) is 5.92 Å². The van der Waals surface area contributed by atoms with Crippen LogP contribution in [0, 0.1) is 5.92 Å². The van der Waals surface area contributed by atoms with E-state index in [-0.39, 0.29) is 0 Å². The van der Waals surface area contributed by atoms with Crippen molar-refractivity contribution in [2.75, 3.05) is 20.2 Å². The van der Waals surface area contributed by atoms with E-state index in [4.69, 9.17) is 4.74 Å². The molecule has 0 radical (unpaired) electrons. The van der Waals surface area contributed by atoms with Crippen molar-refractivity contribution in [3.63, 3.8) is 0 Å². The first-order chi connectivity index (χ1) is 9.09. The third-order valence-corrected chi connectivity index (χ3v) is 4.38. The Morgan fingerprint density at radius 3 is 2.63 bits per heavy atom. The molecule has 0 bridgehead atoms. The summed E-state index contributed by atoms with van der Waals surface area (Å²) in [6.07, 6.45) is 2.97. The van der Waals surface area contributed by atoms with E-state index in [2.05, 4.69) is 18.3 Å². The molecule has 0 aliphatic carbocycles. The predicted molar refractivity (Wildman–Crippen MR) is 77.5 cm³/mol. The Morgan fingerprint density at radius 2 is 2.05 bits per heavy atom. The highest BCUT2D eigenvalue weighted by Crippen LogP contribution is 2.36. The van der Waals surface area contributed by atoms with Gasteiger partial charge in [-0.2, -0.15) is 0 Å². The van der Waals surface area contributed by atoms with Gasteiger partial charge in [-0.3, -0.25) is 0 Å². The third kappa shape index (κ3) is 2.93. The number of hydrogen-bond donors (Lipinski definition) is 2. The molecule has 0 spiro atoms. The van der Waals surface area contributed by atoms with E-state index in [1.807, 2.05) is 19.1 Å². The monoisotopic (exact) mass is 263 g/mol. The molecular weight excluding hydrogens is 238 g/mol. The Hall–Kier alpha value is -1.06. The molecule has 1 aliphatic heterocycles. The van der Waals surface area contributed by atoms with Crippen molar-refractivity contribution >= 4 is 0 Å². The van der Waals surface area contributed by atoms with Gasteiger partial charge in [0.15, 0.2) is 0 Å². The van der Waals surface area contributed by atoms with Crippen LogP contribution in [-0.4, -0.2) is 25.3 Å². The van der Waals surface area contributed by atoms with Crippen molar-refractivity contribution in [2.45, 2.75) is 38.7 Å². The van der Waals surface area contributed by atoms with Crippen LogP contribution in [0.15, 0.2) is 18.2 Å². The maximum Gasteiger partial charge on any atom is 0.122 e. The van der Waals surface area contributed by atoms with Gasteiger partial charge in [0.2, 0.25) is 0 Å². The van der Waals surface area contributed by atoms with Crippen molar-refractivity contribution in [3.05, 3.63) is 29.3 Å². The average molecular weight is 263 g/mol. The summed E-state index contributed by atoms with van der Waals surface area (Å²) in [5.41, 5.74) is 1.42. The van der Waals surface area contributed by atoms with Crippen LogP contribution in [0.3, 0.4) is 0 Å². The number of hydrogen-bond acceptors (Lipinski definition) is 3. The molecule has 3 nitrogen and oxygen atoms in total. The molecule has 1 atom stereocenters. The summed E-state index contributed by atoms with van der Waals surface area (Å²) in [6.45, 7) is 6.06. The highest BCUT2D eigenvalue weighted by molar-refractivity contribution is 5.39. The second kappa shape index (κ2) is 5.93. The van der Waals surface area contributed by atoms with Crippen LogP contribution in [0.2, 0.25) is 0 Å². The molecule has 1 aromatic carbocycles. The normalized spacial score (nSPS) is 20.0. The van der Waals surface area contributed by atoms with Gasteiger partial charge in [0, 0.05) is 0 Å². The molecule has 2 N–H and O–H groups in total. The number of methoxy groups -OCH3 is 1. The second-order valence-corrected chi connectivity index (χ2v) is 5.55. The van der Waals surface area contributed by atoms with Crippen LogP contribution >= 0.6 is 0 Å². The van der Waals surface area contributed by atoms with Crippen LogP contribution in [0.4, 0.5) is 0 Å². The highest BCUT2D eigenvalue weighted by Gasteiger charge is 2.34. The van der Waals surface area contributed by atoms with Gasteiger partial charge in [0.1, 0.15) is 5.75 Å². The standard InChI is InChI=1S/C16H25NO2/c1-4-12-11-14(5-6-15(12)19-3)16(2,18)13-7-9-17-10-8-13/h5-6,11,13,17-18H,4,7-10H2,1-3H3. The molecule has 0 aromatic heterocycles. The predicted octanol–water partition coefficient (Wildman–Crippen LogP) is 2.46. The van der Waals surface area contributed by atoms with Gasteiger partial charge in [-0.25, -0.2) is 0 Å². The summed E-state index contributed by atoms with van der Waals surface area (Å²) >= 11 is 0. The average Bonchev–Trinajstić information content (AvgIpc) is 2.47. The molecule has 1 saturated heterocycles.